The molecule has 5 heteroatoms. The molecule has 9 rings (SSSR count). The van der Waals surface area contributed by atoms with E-state index in [1.165, 1.54) is 4.70 Å². The van der Waals surface area contributed by atoms with Crippen molar-refractivity contribution in [2.45, 2.75) is 6.92 Å². The summed E-state index contributed by atoms with van der Waals surface area (Å²) in [6.07, 6.45) is 5.95. The summed E-state index contributed by atoms with van der Waals surface area (Å²) in [6, 6.07) is 35.8. The van der Waals surface area contributed by atoms with Gasteiger partial charge in [0, 0.05) is 43.1 Å². The van der Waals surface area contributed by atoms with Gasteiger partial charge in [0.05, 0.1) is 15.9 Å². The third-order valence-electron chi connectivity index (χ3n) is 8.59. The van der Waals surface area contributed by atoms with Crippen molar-refractivity contribution in [1.82, 2.24) is 14.5 Å². The maximum atomic E-state index is 6.75. The van der Waals surface area contributed by atoms with E-state index in [9.17, 15) is 0 Å². The SMILES string of the molecule is C=C/C=C\c1c(C)n(-c2nc(-c3ccccc3)c3sc4ccccc4c3n2)c2c3oc4ccccc4c3c3ccccc3c12. The predicted molar refractivity (Wildman–Crippen MR) is 186 cm³/mol. The lowest BCUT2D eigenvalue weighted by Crippen LogP contribution is -2.04. The quantitative estimate of drug-likeness (QED) is 0.194. The molecule has 0 N–H and O–H groups in total. The van der Waals surface area contributed by atoms with Gasteiger partial charge in [-0.25, -0.2) is 9.97 Å². The van der Waals surface area contributed by atoms with Gasteiger partial charge < -0.3 is 4.42 Å². The summed E-state index contributed by atoms with van der Waals surface area (Å²) in [5, 5.41) is 6.77. The fourth-order valence-corrected chi connectivity index (χ4v) is 7.84. The van der Waals surface area contributed by atoms with Crippen LogP contribution >= 0.6 is 11.3 Å². The van der Waals surface area contributed by atoms with Gasteiger partial charge in [0.15, 0.2) is 5.58 Å². The van der Waals surface area contributed by atoms with E-state index in [-0.39, 0.29) is 0 Å². The molecular weight excluding hydrogens is 559 g/mol. The summed E-state index contributed by atoms with van der Waals surface area (Å²) in [6.45, 7) is 6.10. The first-order chi connectivity index (χ1) is 21.7. The van der Waals surface area contributed by atoms with E-state index in [1.54, 1.807) is 11.3 Å². The highest BCUT2D eigenvalue weighted by molar-refractivity contribution is 7.26. The second kappa shape index (κ2) is 9.49. The minimum absolute atomic E-state index is 0.623. The summed E-state index contributed by atoms with van der Waals surface area (Å²) >= 11 is 1.74. The van der Waals surface area contributed by atoms with Crippen LogP contribution in [0.5, 0.6) is 0 Å². The van der Waals surface area contributed by atoms with Crippen LogP contribution in [0.4, 0.5) is 0 Å². The Kier molecular flexibility index (Phi) is 5.40. The minimum atomic E-state index is 0.623. The number of thiophene rings is 1. The van der Waals surface area contributed by atoms with E-state index in [4.69, 9.17) is 14.4 Å². The Morgan fingerprint density at radius 2 is 1.43 bits per heavy atom. The van der Waals surface area contributed by atoms with Crippen molar-refractivity contribution in [1.29, 1.82) is 0 Å². The van der Waals surface area contributed by atoms with E-state index >= 15 is 0 Å². The first-order valence-electron chi connectivity index (χ1n) is 14.6. The maximum Gasteiger partial charge on any atom is 0.235 e. The maximum absolute atomic E-state index is 6.75. The molecule has 0 saturated heterocycles. The number of hydrogen-bond donors (Lipinski definition) is 0. The number of para-hydroxylation sites is 1. The highest BCUT2D eigenvalue weighted by Gasteiger charge is 2.26. The predicted octanol–water partition coefficient (Wildman–Crippen LogP) is 11.0. The van der Waals surface area contributed by atoms with Gasteiger partial charge in [-0.3, -0.25) is 4.57 Å². The van der Waals surface area contributed by atoms with Crippen LogP contribution < -0.4 is 0 Å². The molecule has 0 radical (unpaired) electrons. The molecule has 0 spiro atoms. The van der Waals surface area contributed by atoms with Crippen molar-refractivity contribution in [2.75, 3.05) is 0 Å². The monoisotopic (exact) mass is 583 g/mol. The van der Waals surface area contributed by atoms with Crippen molar-refractivity contribution in [3.63, 3.8) is 0 Å². The fraction of sp³-hybridized carbons (Fsp3) is 0.0256. The highest BCUT2D eigenvalue weighted by Crippen LogP contribution is 2.45. The fourth-order valence-electron chi connectivity index (χ4n) is 6.68. The Bertz CT molecular complexity index is 2640. The van der Waals surface area contributed by atoms with E-state index in [2.05, 4.69) is 109 Å². The molecule has 208 valence electrons. The van der Waals surface area contributed by atoms with Crippen LogP contribution in [0.25, 0.3) is 87.2 Å². The molecule has 0 bridgehead atoms. The summed E-state index contributed by atoms with van der Waals surface area (Å²) in [4.78, 5) is 10.7. The van der Waals surface area contributed by atoms with Gasteiger partial charge in [-0.15, -0.1) is 11.3 Å². The zero-order valence-electron chi connectivity index (χ0n) is 23.9. The zero-order chi connectivity index (χ0) is 29.4. The summed E-state index contributed by atoms with van der Waals surface area (Å²) in [5.41, 5.74) is 7.74. The van der Waals surface area contributed by atoms with Gasteiger partial charge in [-0.1, -0.05) is 116 Å². The number of fused-ring (bicyclic) bond motifs is 11. The molecule has 5 aromatic carbocycles. The van der Waals surface area contributed by atoms with Crippen LogP contribution in [-0.2, 0) is 0 Å². The van der Waals surface area contributed by atoms with Crippen molar-refractivity contribution >= 4 is 81.3 Å². The van der Waals surface area contributed by atoms with Crippen LogP contribution in [-0.4, -0.2) is 14.5 Å². The molecule has 0 aliphatic carbocycles. The lowest BCUT2D eigenvalue weighted by atomic mass is 9.98. The second-order valence-corrected chi connectivity index (χ2v) is 12.1. The Hall–Kier alpha value is -5.52. The third kappa shape index (κ3) is 3.44. The lowest BCUT2D eigenvalue weighted by Gasteiger charge is -2.11. The molecule has 0 amide bonds. The topological polar surface area (TPSA) is 43.9 Å². The molecule has 0 unspecified atom stereocenters. The van der Waals surface area contributed by atoms with Gasteiger partial charge in [0.2, 0.25) is 5.95 Å². The molecular formula is C39H25N3OS. The molecule has 44 heavy (non-hydrogen) atoms. The van der Waals surface area contributed by atoms with E-state index < -0.39 is 0 Å². The van der Waals surface area contributed by atoms with E-state index in [1.807, 2.05) is 30.4 Å². The number of benzene rings is 5. The van der Waals surface area contributed by atoms with Gasteiger partial charge in [0.25, 0.3) is 0 Å². The Morgan fingerprint density at radius 3 is 2.23 bits per heavy atom. The van der Waals surface area contributed by atoms with Gasteiger partial charge in [0.1, 0.15) is 11.1 Å². The molecule has 0 saturated carbocycles. The minimum Gasteiger partial charge on any atom is -0.454 e. The Balaban J connectivity index is 1.52. The van der Waals surface area contributed by atoms with Crippen LogP contribution in [0.2, 0.25) is 0 Å². The summed E-state index contributed by atoms with van der Waals surface area (Å²) in [5.74, 6) is 0.623. The summed E-state index contributed by atoms with van der Waals surface area (Å²) in [7, 11) is 0. The molecule has 0 aliphatic rings. The van der Waals surface area contributed by atoms with Gasteiger partial charge >= 0.3 is 0 Å². The molecule has 0 atom stereocenters. The van der Waals surface area contributed by atoms with Crippen LogP contribution in [0, 0.1) is 6.92 Å². The van der Waals surface area contributed by atoms with Gasteiger partial charge in [-0.2, -0.15) is 0 Å². The first kappa shape index (κ1) is 25.0. The van der Waals surface area contributed by atoms with Crippen LogP contribution in [0.15, 0.2) is 126 Å². The number of furan rings is 1. The standard InChI is InChI=1S/C39H25N3OS/c1-3-4-16-25-23(2)42(36-32(25)26-17-8-9-18-27(26)33-28-19-10-12-21-30(28)43-37(33)36)39-40-34(24-14-6-5-7-15-24)38-35(41-39)29-20-11-13-22-31(29)44-38/h3-22H,1H2,2H3/b16-4-. The smallest absolute Gasteiger partial charge is 0.235 e. The molecule has 0 aliphatic heterocycles. The Labute approximate surface area is 256 Å². The van der Waals surface area contributed by atoms with Crippen molar-refractivity contribution in [2.24, 2.45) is 0 Å². The molecule has 9 aromatic rings. The zero-order valence-corrected chi connectivity index (χ0v) is 24.7. The van der Waals surface area contributed by atoms with E-state index in [0.29, 0.717) is 5.95 Å². The molecule has 0 fully saturated rings. The molecule has 4 heterocycles. The van der Waals surface area contributed by atoms with Crippen LogP contribution in [0.3, 0.4) is 0 Å². The lowest BCUT2D eigenvalue weighted by molar-refractivity contribution is 0.670. The number of rotatable bonds is 4. The number of nitrogens with zero attached hydrogens (tertiary/aromatic N) is 3. The number of allylic oxidation sites excluding steroid dienone is 2. The molecule has 4 nitrogen and oxygen atoms in total. The first-order valence-corrected chi connectivity index (χ1v) is 15.5. The van der Waals surface area contributed by atoms with Crippen molar-refractivity contribution < 1.29 is 4.42 Å². The largest absolute Gasteiger partial charge is 0.454 e. The number of aromatic nitrogens is 3. The Morgan fingerprint density at radius 1 is 0.750 bits per heavy atom. The second-order valence-electron chi connectivity index (χ2n) is 11.0. The van der Waals surface area contributed by atoms with Gasteiger partial charge in [-0.05, 0) is 29.8 Å². The van der Waals surface area contributed by atoms with Crippen LogP contribution in [0.1, 0.15) is 11.3 Å². The highest BCUT2D eigenvalue weighted by atomic mass is 32.1. The van der Waals surface area contributed by atoms with E-state index in [0.717, 1.165) is 81.7 Å². The van der Waals surface area contributed by atoms with Crippen molar-refractivity contribution in [3.05, 3.63) is 133 Å². The average Bonchev–Trinajstić information content (AvgIpc) is 3.73. The average molecular weight is 584 g/mol. The third-order valence-corrected chi connectivity index (χ3v) is 9.75. The number of hydrogen-bond acceptors (Lipinski definition) is 4. The normalized spacial score (nSPS) is 12.2. The summed E-state index contributed by atoms with van der Waals surface area (Å²) < 4.78 is 11.2. The van der Waals surface area contributed by atoms with Crippen molar-refractivity contribution in [3.8, 4) is 17.2 Å². The molecule has 4 aromatic heterocycles.